The third kappa shape index (κ3) is 6.49. The first-order valence-corrected chi connectivity index (χ1v) is 8.40. The van der Waals surface area contributed by atoms with Crippen LogP contribution in [0.25, 0.3) is 0 Å². The molecule has 0 bridgehead atoms. The molecule has 1 aliphatic heterocycles. The normalized spacial score (nSPS) is 16.3. The molecule has 1 aromatic carbocycles. The van der Waals surface area contributed by atoms with Crippen molar-refractivity contribution in [3.63, 3.8) is 0 Å². The molecule has 21 heavy (non-hydrogen) atoms. The highest BCUT2D eigenvalue weighted by Gasteiger charge is 2.11. The van der Waals surface area contributed by atoms with Crippen molar-refractivity contribution in [1.82, 2.24) is 10.6 Å². The van der Waals surface area contributed by atoms with Crippen LogP contribution in [0.2, 0.25) is 0 Å². The molecule has 1 fully saturated rings. The molecule has 1 saturated heterocycles. The molecule has 0 aliphatic carbocycles. The molecule has 1 aliphatic rings. The second-order valence-electron chi connectivity index (χ2n) is 6.40. The third-order valence-corrected chi connectivity index (χ3v) is 4.07. The van der Waals surface area contributed by atoms with Gasteiger partial charge in [-0.15, -0.1) is 0 Å². The van der Waals surface area contributed by atoms with Gasteiger partial charge in [0.25, 0.3) is 0 Å². The SMILES string of the molecule is CC(C)CCOc1ccc(CCNC2CCNCC2)cc1. The zero-order valence-corrected chi connectivity index (χ0v) is 13.5. The van der Waals surface area contributed by atoms with Crippen molar-refractivity contribution in [3.8, 4) is 5.75 Å². The Kier molecular flexibility index (Phi) is 7.04. The van der Waals surface area contributed by atoms with Crippen LogP contribution in [0.5, 0.6) is 5.75 Å². The van der Waals surface area contributed by atoms with Gasteiger partial charge in [-0.05, 0) is 68.9 Å². The van der Waals surface area contributed by atoms with Gasteiger partial charge in [0.15, 0.2) is 0 Å². The maximum atomic E-state index is 5.75. The summed E-state index contributed by atoms with van der Waals surface area (Å²) in [7, 11) is 0. The highest BCUT2D eigenvalue weighted by molar-refractivity contribution is 5.27. The fourth-order valence-electron chi connectivity index (χ4n) is 2.61. The lowest BCUT2D eigenvalue weighted by atomic mass is 10.1. The van der Waals surface area contributed by atoms with Gasteiger partial charge < -0.3 is 15.4 Å². The van der Waals surface area contributed by atoms with Crippen molar-refractivity contribution in [2.45, 2.75) is 45.6 Å². The highest BCUT2D eigenvalue weighted by Crippen LogP contribution is 2.13. The number of hydrogen-bond acceptors (Lipinski definition) is 3. The molecule has 118 valence electrons. The quantitative estimate of drug-likeness (QED) is 0.772. The monoisotopic (exact) mass is 290 g/mol. The first kappa shape index (κ1) is 16.3. The smallest absolute Gasteiger partial charge is 0.119 e. The number of piperidine rings is 1. The molecule has 0 saturated carbocycles. The molecule has 0 atom stereocenters. The average Bonchev–Trinajstić information content (AvgIpc) is 2.50. The second kappa shape index (κ2) is 9.06. The number of nitrogens with one attached hydrogen (secondary N) is 2. The van der Waals surface area contributed by atoms with Gasteiger partial charge in [-0.1, -0.05) is 26.0 Å². The second-order valence-corrected chi connectivity index (χ2v) is 6.40. The Morgan fingerprint density at radius 3 is 2.57 bits per heavy atom. The Hall–Kier alpha value is -1.06. The van der Waals surface area contributed by atoms with Crippen LogP contribution < -0.4 is 15.4 Å². The summed E-state index contributed by atoms with van der Waals surface area (Å²) in [6, 6.07) is 9.27. The van der Waals surface area contributed by atoms with Gasteiger partial charge >= 0.3 is 0 Å². The molecule has 3 heteroatoms. The van der Waals surface area contributed by atoms with E-state index in [1.165, 1.54) is 18.4 Å². The summed E-state index contributed by atoms with van der Waals surface area (Å²) in [6.07, 6.45) is 4.71. The van der Waals surface area contributed by atoms with E-state index in [9.17, 15) is 0 Å². The molecule has 0 aromatic heterocycles. The van der Waals surface area contributed by atoms with E-state index >= 15 is 0 Å². The number of benzene rings is 1. The van der Waals surface area contributed by atoms with Crippen LogP contribution in [0.4, 0.5) is 0 Å². The van der Waals surface area contributed by atoms with Gasteiger partial charge in [0.2, 0.25) is 0 Å². The van der Waals surface area contributed by atoms with Crippen molar-refractivity contribution >= 4 is 0 Å². The van der Waals surface area contributed by atoms with Crippen molar-refractivity contribution < 1.29 is 4.74 Å². The van der Waals surface area contributed by atoms with E-state index in [1.807, 2.05) is 0 Å². The van der Waals surface area contributed by atoms with E-state index in [4.69, 9.17) is 4.74 Å². The summed E-state index contributed by atoms with van der Waals surface area (Å²) in [5, 5.41) is 7.06. The van der Waals surface area contributed by atoms with Crippen molar-refractivity contribution in [1.29, 1.82) is 0 Å². The summed E-state index contributed by atoms with van der Waals surface area (Å²) in [6.45, 7) is 8.64. The molecule has 2 rings (SSSR count). The van der Waals surface area contributed by atoms with Crippen LogP contribution >= 0.6 is 0 Å². The summed E-state index contributed by atoms with van der Waals surface area (Å²) in [5.74, 6) is 1.69. The maximum Gasteiger partial charge on any atom is 0.119 e. The Morgan fingerprint density at radius 2 is 1.90 bits per heavy atom. The average molecular weight is 290 g/mol. The molecular weight excluding hydrogens is 260 g/mol. The number of rotatable bonds is 8. The fraction of sp³-hybridized carbons (Fsp3) is 0.667. The molecule has 2 N–H and O–H groups in total. The van der Waals surface area contributed by atoms with Crippen LogP contribution in [0.15, 0.2) is 24.3 Å². The van der Waals surface area contributed by atoms with Crippen LogP contribution in [0, 0.1) is 5.92 Å². The largest absolute Gasteiger partial charge is 0.494 e. The van der Waals surface area contributed by atoms with Crippen LogP contribution in [0.1, 0.15) is 38.7 Å². The van der Waals surface area contributed by atoms with Gasteiger partial charge in [0, 0.05) is 6.04 Å². The molecule has 0 radical (unpaired) electrons. The van der Waals surface area contributed by atoms with E-state index in [-0.39, 0.29) is 0 Å². The Labute approximate surface area is 129 Å². The van der Waals surface area contributed by atoms with Gasteiger partial charge in [-0.3, -0.25) is 0 Å². The topological polar surface area (TPSA) is 33.3 Å². The van der Waals surface area contributed by atoms with Crippen LogP contribution in [0.3, 0.4) is 0 Å². The highest BCUT2D eigenvalue weighted by atomic mass is 16.5. The van der Waals surface area contributed by atoms with Gasteiger partial charge in [-0.2, -0.15) is 0 Å². The maximum absolute atomic E-state index is 5.75. The molecule has 0 spiro atoms. The minimum Gasteiger partial charge on any atom is -0.494 e. The lowest BCUT2D eigenvalue weighted by Crippen LogP contribution is -2.40. The molecule has 3 nitrogen and oxygen atoms in total. The Bertz CT molecular complexity index is 383. The first-order chi connectivity index (χ1) is 10.2. The van der Waals surface area contributed by atoms with E-state index in [0.717, 1.165) is 44.8 Å². The lowest BCUT2D eigenvalue weighted by Gasteiger charge is -2.23. The third-order valence-electron chi connectivity index (χ3n) is 4.07. The lowest BCUT2D eigenvalue weighted by molar-refractivity contribution is 0.289. The minimum atomic E-state index is 0.699. The van der Waals surface area contributed by atoms with E-state index in [1.54, 1.807) is 0 Å². The summed E-state index contributed by atoms with van der Waals surface area (Å²) in [4.78, 5) is 0. The zero-order valence-electron chi connectivity index (χ0n) is 13.5. The predicted molar refractivity (Wildman–Crippen MR) is 89.0 cm³/mol. The minimum absolute atomic E-state index is 0.699. The van der Waals surface area contributed by atoms with Crippen LogP contribution in [-0.2, 0) is 6.42 Å². The fourth-order valence-corrected chi connectivity index (χ4v) is 2.61. The van der Waals surface area contributed by atoms with E-state index in [2.05, 4.69) is 48.7 Å². The van der Waals surface area contributed by atoms with Gasteiger partial charge in [0.05, 0.1) is 6.61 Å². The molecular formula is C18H30N2O. The summed E-state index contributed by atoms with van der Waals surface area (Å²) in [5.41, 5.74) is 1.38. The van der Waals surface area contributed by atoms with E-state index in [0.29, 0.717) is 12.0 Å². The van der Waals surface area contributed by atoms with Crippen LogP contribution in [-0.4, -0.2) is 32.3 Å². The zero-order chi connectivity index (χ0) is 14.9. The van der Waals surface area contributed by atoms with E-state index < -0.39 is 0 Å². The van der Waals surface area contributed by atoms with Gasteiger partial charge in [0.1, 0.15) is 5.75 Å². The molecule has 0 unspecified atom stereocenters. The number of ether oxygens (including phenoxy) is 1. The Morgan fingerprint density at radius 1 is 1.19 bits per heavy atom. The standard InChI is InChI=1S/C18H30N2O/c1-15(2)10-14-21-18-5-3-16(4-6-18)7-13-20-17-8-11-19-12-9-17/h3-6,15,17,19-20H,7-14H2,1-2H3. The summed E-state index contributed by atoms with van der Waals surface area (Å²) >= 11 is 0. The first-order valence-electron chi connectivity index (χ1n) is 8.40. The predicted octanol–water partition coefficient (Wildman–Crippen LogP) is 3.00. The Balaban J connectivity index is 1.64. The van der Waals surface area contributed by atoms with Gasteiger partial charge in [-0.25, -0.2) is 0 Å². The van der Waals surface area contributed by atoms with Crippen molar-refractivity contribution in [2.24, 2.45) is 5.92 Å². The molecule has 1 aromatic rings. The summed E-state index contributed by atoms with van der Waals surface area (Å²) < 4.78 is 5.75. The molecule has 0 amide bonds. The molecule has 1 heterocycles. The number of hydrogen-bond donors (Lipinski definition) is 2. The van der Waals surface area contributed by atoms with Crippen molar-refractivity contribution in [2.75, 3.05) is 26.2 Å². The van der Waals surface area contributed by atoms with Crippen molar-refractivity contribution in [3.05, 3.63) is 29.8 Å².